The van der Waals surface area contributed by atoms with Crippen LogP contribution in [0.15, 0.2) is 0 Å². The van der Waals surface area contributed by atoms with Crippen LogP contribution in [-0.2, 0) is 9.53 Å². The first-order chi connectivity index (χ1) is 7.24. The van der Waals surface area contributed by atoms with Gasteiger partial charge in [-0.25, -0.2) is 0 Å². The van der Waals surface area contributed by atoms with Gasteiger partial charge < -0.3 is 19.9 Å². The standard InChI is InChI=1S/C10H21N3O2.ClH/c1-12-4-6-13(7-5-12)10(14)9-11-3-8-15-2;/h11H,3-9H2,1-2H3;1H. The van der Waals surface area contributed by atoms with E-state index in [2.05, 4.69) is 17.3 Å². The van der Waals surface area contributed by atoms with Crippen molar-refractivity contribution in [1.82, 2.24) is 15.1 Å². The Morgan fingerprint density at radius 1 is 1.31 bits per heavy atom. The van der Waals surface area contributed by atoms with Crippen LogP contribution in [0, 0.1) is 0 Å². The Kier molecular flexibility index (Phi) is 8.56. The molecule has 1 aliphatic rings. The predicted octanol–water partition coefficient (Wildman–Crippen LogP) is -0.582. The maximum absolute atomic E-state index is 11.7. The number of nitrogens with one attached hydrogen (secondary N) is 1. The molecule has 1 amide bonds. The van der Waals surface area contributed by atoms with Gasteiger partial charge in [-0.3, -0.25) is 4.79 Å². The molecule has 1 fully saturated rings. The van der Waals surface area contributed by atoms with Crippen molar-refractivity contribution in [2.24, 2.45) is 0 Å². The second-order valence-electron chi connectivity index (χ2n) is 3.85. The number of carbonyl (C=O) groups is 1. The normalized spacial score (nSPS) is 17.0. The van der Waals surface area contributed by atoms with Gasteiger partial charge in [0.15, 0.2) is 0 Å². The maximum Gasteiger partial charge on any atom is 0.236 e. The van der Waals surface area contributed by atoms with Crippen LogP contribution < -0.4 is 5.32 Å². The maximum atomic E-state index is 11.7. The lowest BCUT2D eigenvalue weighted by Gasteiger charge is -2.32. The van der Waals surface area contributed by atoms with Crippen molar-refractivity contribution in [2.75, 3.05) is 60.0 Å². The summed E-state index contributed by atoms with van der Waals surface area (Å²) >= 11 is 0. The summed E-state index contributed by atoms with van der Waals surface area (Å²) in [4.78, 5) is 15.8. The highest BCUT2D eigenvalue weighted by molar-refractivity contribution is 5.85. The minimum absolute atomic E-state index is 0. The van der Waals surface area contributed by atoms with E-state index >= 15 is 0 Å². The molecule has 0 radical (unpaired) electrons. The summed E-state index contributed by atoms with van der Waals surface area (Å²) < 4.78 is 4.89. The molecule has 0 unspecified atom stereocenters. The highest BCUT2D eigenvalue weighted by Gasteiger charge is 2.17. The Bertz CT molecular complexity index is 197. The van der Waals surface area contributed by atoms with Gasteiger partial charge in [0, 0.05) is 39.8 Å². The fraction of sp³-hybridized carbons (Fsp3) is 0.900. The Morgan fingerprint density at radius 3 is 2.50 bits per heavy atom. The van der Waals surface area contributed by atoms with E-state index < -0.39 is 0 Å². The van der Waals surface area contributed by atoms with E-state index in [9.17, 15) is 4.79 Å². The van der Waals surface area contributed by atoms with Gasteiger partial charge >= 0.3 is 0 Å². The van der Waals surface area contributed by atoms with Crippen molar-refractivity contribution < 1.29 is 9.53 Å². The molecule has 0 saturated carbocycles. The number of amides is 1. The molecule has 0 bridgehead atoms. The van der Waals surface area contributed by atoms with Gasteiger partial charge in [0.25, 0.3) is 0 Å². The van der Waals surface area contributed by atoms with Crippen molar-refractivity contribution in [1.29, 1.82) is 0 Å². The second-order valence-corrected chi connectivity index (χ2v) is 3.85. The van der Waals surface area contributed by atoms with Gasteiger partial charge in [0.2, 0.25) is 5.91 Å². The van der Waals surface area contributed by atoms with E-state index in [1.54, 1.807) is 7.11 Å². The summed E-state index contributed by atoms with van der Waals surface area (Å²) in [5, 5.41) is 3.06. The minimum atomic E-state index is 0. The number of methoxy groups -OCH3 is 1. The number of carbonyl (C=O) groups excluding carboxylic acids is 1. The van der Waals surface area contributed by atoms with Crippen LogP contribution in [0.3, 0.4) is 0 Å². The van der Waals surface area contributed by atoms with Crippen molar-refractivity contribution in [3.8, 4) is 0 Å². The first kappa shape index (κ1) is 15.6. The van der Waals surface area contributed by atoms with E-state index in [1.165, 1.54) is 0 Å². The zero-order chi connectivity index (χ0) is 11.1. The smallest absolute Gasteiger partial charge is 0.236 e. The molecular formula is C10H22ClN3O2. The molecule has 0 spiro atoms. The highest BCUT2D eigenvalue weighted by Crippen LogP contribution is 1.98. The van der Waals surface area contributed by atoms with Crippen LogP contribution in [0.2, 0.25) is 0 Å². The van der Waals surface area contributed by atoms with Crippen LogP contribution in [0.4, 0.5) is 0 Å². The van der Waals surface area contributed by atoms with Crippen molar-refractivity contribution in [3.05, 3.63) is 0 Å². The monoisotopic (exact) mass is 251 g/mol. The Hall–Kier alpha value is -0.360. The lowest BCUT2D eigenvalue weighted by molar-refractivity contribution is -0.131. The van der Waals surface area contributed by atoms with E-state index in [-0.39, 0.29) is 18.3 Å². The zero-order valence-corrected chi connectivity index (χ0v) is 10.9. The number of halogens is 1. The molecular weight excluding hydrogens is 230 g/mol. The lowest BCUT2D eigenvalue weighted by Crippen LogP contribution is -2.49. The summed E-state index contributed by atoms with van der Waals surface area (Å²) in [6.07, 6.45) is 0. The molecule has 1 N–H and O–H groups in total. The van der Waals surface area contributed by atoms with Crippen molar-refractivity contribution in [3.63, 3.8) is 0 Å². The fourth-order valence-electron chi connectivity index (χ4n) is 1.54. The molecule has 0 aromatic rings. The summed E-state index contributed by atoms with van der Waals surface area (Å²) in [6.45, 7) is 5.45. The molecule has 16 heavy (non-hydrogen) atoms. The number of hydrogen-bond donors (Lipinski definition) is 1. The number of rotatable bonds is 5. The van der Waals surface area contributed by atoms with Crippen LogP contribution in [0.1, 0.15) is 0 Å². The molecule has 6 heteroatoms. The quantitative estimate of drug-likeness (QED) is 0.664. The average Bonchev–Trinajstić information content (AvgIpc) is 2.25. The zero-order valence-electron chi connectivity index (χ0n) is 10.1. The first-order valence-corrected chi connectivity index (χ1v) is 5.40. The van der Waals surface area contributed by atoms with Gasteiger partial charge in [-0.15, -0.1) is 12.4 Å². The van der Waals surface area contributed by atoms with E-state index in [1.807, 2.05) is 4.90 Å². The van der Waals surface area contributed by atoms with Crippen LogP contribution >= 0.6 is 12.4 Å². The second kappa shape index (κ2) is 8.75. The van der Waals surface area contributed by atoms with Crippen molar-refractivity contribution >= 4 is 18.3 Å². The van der Waals surface area contributed by atoms with Crippen molar-refractivity contribution in [2.45, 2.75) is 0 Å². The number of piperazine rings is 1. The van der Waals surface area contributed by atoms with Gasteiger partial charge in [0.1, 0.15) is 0 Å². The van der Waals surface area contributed by atoms with Gasteiger partial charge in [-0.1, -0.05) is 0 Å². The molecule has 1 rings (SSSR count). The summed E-state index contributed by atoms with van der Waals surface area (Å²) in [6, 6.07) is 0. The predicted molar refractivity (Wildman–Crippen MR) is 66.1 cm³/mol. The minimum Gasteiger partial charge on any atom is -0.383 e. The molecule has 1 aliphatic heterocycles. The molecule has 0 aromatic heterocycles. The van der Waals surface area contributed by atoms with E-state index in [0.29, 0.717) is 13.2 Å². The average molecular weight is 252 g/mol. The summed E-state index contributed by atoms with van der Waals surface area (Å²) in [5.74, 6) is 0.194. The third-order valence-corrected chi connectivity index (χ3v) is 2.62. The third-order valence-electron chi connectivity index (χ3n) is 2.62. The molecule has 0 aromatic carbocycles. The lowest BCUT2D eigenvalue weighted by atomic mass is 10.3. The summed E-state index contributed by atoms with van der Waals surface area (Å²) in [7, 11) is 3.74. The fourth-order valence-corrected chi connectivity index (χ4v) is 1.54. The topological polar surface area (TPSA) is 44.8 Å². The molecule has 0 atom stereocenters. The largest absolute Gasteiger partial charge is 0.383 e. The van der Waals surface area contributed by atoms with E-state index in [0.717, 1.165) is 32.7 Å². The SMILES string of the molecule is COCCNCC(=O)N1CCN(C)CC1.Cl. The summed E-state index contributed by atoms with van der Waals surface area (Å²) in [5.41, 5.74) is 0. The molecule has 5 nitrogen and oxygen atoms in total. The van der Waals surface area contributed by atoms with Crippen LogP contribution in [0.5, 0.6) is 0 Å². The Morgan fingerprint density at radius 2 is 1.94 bits per heavy atom. The molecule has 96 valence electrons. The van der Waals surface area contributed by atoms with Gasteiger partial charge in [-0.05, 0) is 7.05 Å². The molecule has 1 heterocycles. The van der Waals surface area contributed by atoms with Crippen LogP contribution in [-0.4, -0.2) is 75.7 Å². The Labute approximate surface area is 104 Å². The van der Waals surface area contributed by atoms with E-state index in [4.69, 9.17) is 4.74 Å². The number of ether oxygens (including phenoxy) is 1. The Balaban J connectivity index is 0.00000225. The third kappa shape index (κ3) is 5.65. The van der Waals surface area contributed by atoms with Crippen LogP contribution in [0.25, 0.3) is 0 Å². The first-order valence-electron chi connectivity index (χ1n) is 5.40. The van der Waals surface area contributed by atoms with Gasteiger partial charge in [-0.2, -0.15) is 0 Å². The molecule has 0 aliphatic carbocycles. The van der Waals surface area contributed by atoms with Gasteiger partial charge in [0.05, 0.1) is 13.2 Å². The number of hydrogen-bond acceptors (Lipinski definition) is 4. The highest BCUT2D eigenvalue weighted by atomic mass is 35.5. The number of likely N-dealkylation sites (N-methyl/N-ethyl adjacent to an activating group) is 1. The molecule has 1 saturated heterocycles. The number of nitrogens with zero attached hydrogens (tertiary/aromatic N) is 2.